The van der Waals surface area contributed by atoms with Crippen molar-refractivity contribution in [3.05, 3.63) is 113 Å². The molecule has 17 heteroatoms. The van der Waals surface area contributed by atoms with Crippen molar-refractivity contribution in [1.82, 2.24) is 49.3 Å². The van der Waals surface area contributed by atoms with Gasteiger partial charge in [-0.1, -0.05) is 5.16 Å². The van der Waals surface area contributed by atoms with Crippen LogP contribution in [0.3, 0.4) is 0 Å². The highest BCUT2D eigenvalue weighted by Gasteiger charge is 2.28. The SMILES string of the molecule is CCn1cc(C)cn1.COc1cc(C)c(F)cn1.Cc1ccon1.Cc1cnn(C)c1.Cc1cnn(CC#N)c1.Cc1cnn(CC(F)(F)F)c1. The molecule has 0 aliphatic heterocycles. The molecule has 51 heavy (non-hydrogen) atoms. The number of halogens is 4. The summed E-state index contributed by atoms with van der Waals surface area (Å²) in [5.41, 5.74) is 5.73. The molecule has 6 heterocycles. The second kappa shape index (κ2) is 22.8. The molecule has 0 N–H and O–H groups in total. The average Bonchev–Trinajstić information content (AvgIpc) is 3.92. The van der Waals surface area contributed by atoms with Crippen molar-refractivity contribution in [3.8, 4) is 11.9 Å². The van der Waals surface area contributed by atoms with Crippen molar-refractivity contribution in [2.24, 2.45) is 7.05 Å². The topological polar surface area (TPSA) is 143 Å². The Labute approximate surface area is 295 Å². The zero-order valence-corrected chi connectivity index (χ0v) is 30.3. The molecule has 0 atom stereocenters. The van der Waals surface area contributed by atoms with Gasteiger partial charge in [-0.15, -0.1) is 0 Å². The Hall–Kier alpha value is -5.79. The normalized spacial score (nSPS) is 9.88. The fourth-order valence-electron chi connectivity index (χ4n) is 3.44. The summed E-state index contributed by atoms with van der Waals surface area (Å²) >= 11 is 0. The number of pyridine rings is 1. The number of rotatable bonds is 4. The minimum Gasteiger partial charge on any atom is -0.481 e. The van der Waals surface area contributed by atoms with Crippen LogP contribution >= 0.6 is 0 Å². The van der Waals surface area contributed by atoms with Crippen LogP contribution in [0.5, 0.6) is 5.88 Å². The van der Waals surface area contributed by atoms with E-state index in [1.165, 1.54) is 30.6 Å². The van der Waals surface area contributed by atoms with Gasteiger partial charge in [-0.25, -0.2) is 9.37 Å². The third kappa shape index (κ3) is 20.4. The lowest BCUT2D eigenvalue weighted by molar-refractivity contribution is -0.142. The minimum atomic E-state index is -4.18. The van der Waals surface area contributed by atoms with E-state index in [0.29, 0.717) is 18.0 Å². The van der Waals surface area contributed by atoms with Crippen molar-refractivity contribution in [3.63, 3.8) is 0 Å². The predicted molar refractivity (Wildman–Crippen MR) is 183 cm³/mol. The molecule has 13 nitrogen and oxygen atoms in total. The minimum absolute atomic E-state index is 0.305. The summed E-state index contributed by atoms with van der Waals surface area (Å²) in [6.45, 7) is 13.6. The van der Waals surface area contributed by atoms with E-state index >= 15 is 0 Å². The van der Waals surface area contributed by atoms with E-state index in [-0.39, 0.29) is 5.82 Å². The number of nitrogens with zero attached hydrogens (tertiary/aromatic N) is 11. The second-order valence-electron chi connectivity index (χ2n) is 10.9. The highest BCUT2D eigenvalue weighted by Crippen LogP contribution is 2.16. The lowest BCUT2D eigenvalue weighted by Gasteiger charge is -2.04. The standard InChI is InChI=1S/C7H8FNO.C6H7F3N2.C6H7N3.C6H10N2.C5H8N2.C4H5NO/c1-5-3-7(10-2)9-4-6(5)8;1-5-2-10-11(3-5)4-6(7,8)9;1-6-4-8-9(5-6)3-2-7;1-3-8-5-6(2)4-7-8;1-5-3-6-7(2)4-5;1-4-2-3-6-5-4/h3-4H,1-2H3;2-3H,4H2,1H3;4-5H,3H2,1H3;4-5H,3H2,1-2H3;3-4H,1-2H3;2-3H,1H3. The van der Waals surface area contributed by atoms with Gasteiger partial charge in [0.05, 0.1) is 49.9 Å². The van der Waals surface area contributed by atoms with E-state index in [9.17, 15) is 17.6 Å². The summed E-state index contributed by atoms with van der Waals surface area (Å²) in [5.74, 6) is 0.139. The average molecular weight is 716 g/mol. The van der Waals surface area contributed by atoms with Crippen molar-refractivity contribution >= 4 is 0 Å². The zero-order valence-electron chi connectivity index (χ0n) is 30.3. The van der Waals surface area contributed by atoms with Crippen molar-refractivity contribution in [1.29, 1.82) is 5.26 Å². The molecule has 276 valence electrons. The quantitative estimate of drug-likeness (QED) is 0.178. The lowest BCUT2D eigenvalue weighted by atomic mass is 10.3. The van der Waals surface area contributed by atoms with E-state index in [4.69, 9.17) is 10.00 Å². The van der Waals surface area contributed by atoms with Gasteiger partial charge >= 0.3 is 6.18 Å². The molecular weight excluding hydrogens is 670 g/mol. The molecule has 0 bridgehead atoms. The number of alkyl halides is 3. The van der Waals surface area contributed by atoms with Crippen LogP contribution < -0.4 is 4.74 Å². The molecular formula is C34H45F4N11O2. The fraction of sp³-hybridized carbons (Fsp3) is 0.382. The smallest absolute Gasteiger partial charge is 0.408 e. The molecule has 0 fully saturated rings. The maximum Gasteiger partial charge on any atom is 0.408 e. The molecule has 6 aromatic heterocycles. The van der Waals surface area contributed by atoms with Gasteiger partial charge in [0, 0.05) is 50.5 Å². The maximum absolute atomic E-state index is 12.5. The molecule has 0 saturated carbocycles. The van der Waals surface area contributed by atoms with Gasteiger partial charge < -0.3 is 9.26 Å². The fourth-order valence-corrected chi connectivity index (χ4v) is 3.44. The van der Waals surface area contributed by atoms with Crippen LogP contribution in [0.25, 0.3) is 0 Å². The monoisotopic (exact) mass is 715 g/mol. The van der Waals surface area contributed by atoms with Gasteiger partial charge in [0.1, 0.15) is 25.2 Å². The van der Waals surface area contributed by atoms with Crippen LogP contribution in [0.15, 0.2) is 78.7 Å². The Balaban J connectivity index is 0.000000309. The summed E-state index contributed by atoms with van der Waals surface area (Å²) in [4.78, 5) is 3.66. The van der Waals surface area contributed by atoms with Crippen LogP contribution in [-0.4, -0.2) is 62.5 Å². The number of aromatic nitrogens is 10. The Morgan fingerprint density at radius 3 is 1.63 bits per heavy atom. The molecule has 0 aliphatic carbocycles. The molecule has 0 radical (unpaired) electrons. The summed E-state index contributed by atoms with van der Waals surface area (Å²) in [7, 11) is 3.41. The highest BCUT2D eigenvalue weighted by atomic mass is 19.4. The van der Waals surface area contributed by atoms with Gasteiger partial charge in [-0.2, -0.15) is 38.8 Å². The van der Waals surface area contributed by atoms with Gasteiger partial charge in [-0.05, 0) is 76.3 Å². The van der Waals surface area contributed by atoms with Gasteiger partial charge in [0.2, 0.25) is 5.88 Å². The molecule has 0 amide bonds. The molecule has 6 rings (SSSR count). The molecule has 0 aromatic carbocycles. The Kier molecular flexibility index (Phi) is 19.3. The predicted octanol–water partition coefficient (Wildman–Crippen LogP) is 6.93. The van der Waals surface area contributed by atoms with E-state index < -0.39 is 12.7 Å². The molecule has 0 saturated heterocycles. The van der Waals surface area contributed by atoms with Gasteiger partial charge in [0.15, 0.2) is 0 Å². The van der Waals surface area contributed by atoms with Crippen LogP contribution in [-0.2, 0) is 26.7 Å². The number of nitriles is 1. The van der Waals surface area contributed by atoms with E-state index in [2.05, 4.69) is 42.0 Å². The lowest BCUT2D eigenvalue weighted by Crippen LogP contribution is -2.17. The van der Waals surface area contributed by atoms with Crippen LogP contribution in [0.2, 0.25) is 0 Å². The number of aryl methyl sites for hydroxylation is 8. The van der Waals surface area contributed by atoms with E-state index in [1.54, 1.807) is 47.8 Å². The van der Waals surface area contributed by atoms with E-state index in [1.807, 2.05) is 76.5 Å². The first-order chi connectivity index (χ1) is 24.0. The second-order valence-corrected chi connectivity index (χ2v) is 10.9. The summed E-state index contributed by atoms with van der Waals surface area (Å²) in [5, 5.41) is 27.1. The third-order valence-electron chi connectivity index (χ3n) is 5.82. The van der Waals surface area contributed by atoms with E-state index in [0.717, 1.165) is 34.2 Å². The first-order valence-corrected chi connectivity index (χ1v) is 15.4. The third-order valence-corrected chi connectivity index (χ3v) is 5.82. The first kappa shape index (κ1) is 43.2. The van der Waals surface area contributed by atoms with Crippen molar-refractivity contribution in [2.45, 2.75) is 74.3 Å². The summed E-state index contributed by atoms with van der Waals surface area (Å²) in [6, 6.07) is 5.35. The molecule has 0 unspecified atom stereocenters. The Morgan fingerprint density at radius 2 is 1.33 bits per heavy atom. The van der Waals surface area contributed by atoms with Gasteiger partial charge in [0.25, 0.3) is 0 Å². The summed E-state index contributed by atoms with van der Waals surface area (Å²) in [6.07, 6.45) is 12.5. The Bertz CT molecular complexity index is 1820. The van der Waals surface area contributed by atoms with Crippen LogP contribution in [0.4, 0.5) is 17.6 Å². The zero-order chi connectivity index (χ0) is 38.4. The number of hydrogen-bond acceptors (Lipinski definition) is 9. The highest BCUT2D eigenvalue weighted by molar-refractivity contribution is 5.20. The molecule has 0 spiro atoms. The van der Waals surface area contributed by atoms with Crippen LogP contribution in [0.1, 0.15) is 40.4 Å². The maximum atomic E-state index is 12.5. The Morgan fingerprint density at radius 1 is 0.804 bits per heavy atom. The number of hydrogen-bond donors (Lipinski definition) is 0. The van der Waals surface area contributed by atoms with Gasteiger partial charge in [-0.3, -0.25) is 18.7 Å². The van der Waals surface area contributed by atoms with Crippen LogP contribution in [0, 0.1) is 58.7 Å². The van der Waals surface area contributed by atoms with Crippen molar-refractivity contribution in [2.75, 3.05) is 7.11 Å². The molecule has 6 aromatic rings. The first-order valence-electron chi connectivity index (χ1n) is 15.4. The summed E-state index contributed by atoms with van der Waals surface area (Å²) < 4.78 is 63.0. The molecule has 0 aliphatic rings. The number of ether oxygens (including phenoxy) is 1. The van der Waals surface area contributed by atoms with Crippen molar-refractivity contribution < 1.29 is 26.8 Å². The number of methoxy groups -OCH3 is 1. The largest absolute Gasteiger partial charge is 0.481 e.